The lowest BCUT2D eigenvalue weighted by molar-refractivity contribution is -0.191. The van der Waals surface area contributed by atoms with Crippen molar-refractivity contribution in [2.24, 2.45) is 0 Å². The number of rotatable bonds is 12. The normalized spacial score (nSPS) is 26.9. The topological polar surface area (TPSA) is 183 Å². The highest BCUT2D eigenvalue weighted by atomic mass is 16.7. The number of esters is 4. The van der Waals surface area contributed by atoms with Gasteiger partial charge in [-0.05, 0) is 69.3 Å². The molecule has 9 atom stereocenters. The summed E-state index contributed by atoms with van der Waals surface area (Å²) in [5, 5.41) is 19.9. The Morgan fingerprint density at radius 3 is 1.26 bits per heavy atom. The molecule has 2 aliphatic heterocycles. The van der Waals surface area contributed by atoms with Gasteiger partial charge in [-0.2, -0.15) is 0 Å². The maximum Gasteiger partial charge on any atom is 0.338 e. The Bertz CT molecular complexity index is 1930. The highest BCUT2D eigenvalue weighted by Crippen LogP contribution is 2.40. The summed E-state index contributed by atoms with van der Waals surface area (Å²) in [6, 6.07) is 33.7. The van der Waals surface area contributed by atoms with E-state index in [1.807, 2.05) is 0 Å². The van der Waals surface area contributed by atoms with Crippen LogP contribution >= 0.6 is 0 Å². The van der Waals surface area contributed by atoms with Crippen LogP contribution < -0.4 is 0 Å². The van der Waals surface area contributed by atoms with Crippen molar-refractivity contribution in [3.63, 3.8) is 0 Å². The number of aliphatic hydroxyl groups excluding tert-OH is 2. The molecule has 0 aliphatic carbocycles. The molecule has 302 valence electrons. The summed E-state index contributed by atoms with van der Waals surface area (Å²) in [5.74, 6) is -2.48. The van der Waals surface area contributed by atoms with E-state index in [-0.39, 0.29) is 0 Å². The fraction of sp³-hybridized carbons (Fsp3) is 0.349. The molecule has 0 amide bonds. The quantitative estimate of drug-likeness (QED) is 0.148. The van der Waals surface area contributed by atoms with Gasteiger partial charge in [0.2, 0.25) is 12.6 Å². The van der Waals surface area contributed by atoms with E-state index in [9.17, 15) is 29.4 Å². The zero-order valence-electron chi connectivity index (χ0n) is 32.1. The van der Waals surface area contributed by atoms with Gasteiger partial charge in [-0.25, -0.2) is 19.2 Å². The Morgan fingerprint density at radius 1 is 0.579 bits per heavy atom. The minimum Gasteiger partial charge on any atom is -0.451 e. The van der Waals surface area contributed by atoms with Crippen LogP contribution in [0.1, 0.15) is 62.2 Å². The molecule has 14 nitrogen and oxygen atoms in total. The van der Waals surface area contributed by atoms with E-state index in [4.69, 9.17) is 37.9 Å². The van der Waals surface area contributed by atoms with Crippen LogP contribution in [0.3, 0.4) is 0 Å². The van der Waals surface area contributed by atoms with Gasteiger partial charge in [0.25, 0.3) is 0 Å². The van der Waals surface area contributed by atoms with Crippen LogP contribution in [0, 0.1) is 0 Å². The van der Waals surface area contributed by atoms with Crippen LogP contribution in [-0.2, 0) is 37.9 Å². The largest absolute Gasteiger partial charge is 0.451 e. The molecule has 2 saturated heterocycles. The Labute approximate surface area is 330 Å². The maximum atomic E-state index is 12.7. The van der Waals surface area contributed by atoms with E-state index in [0.29, 0.717) is 22.3 Å². The van der Waals surface area contributed by atoms with Crippen molar-refractivity contribution in [3.8, 4) is 0 Å². The van der Waals surface area contributed by atoms with E-state index in [2.05, 4.69) is 0 Å². The zero-order valence-corrected chi connectivity index (χ0v) is 32.1. The summed E-state index contributed by atoms with van der Waals surface area (Å²) >= 11 is 0. The molecule has 0 saturated carbocycles. The van der Waals surface area contributed by atoms with Crippen LogP contribution in [0.5, 0.6) is 0 Å². The molecule has 2 N–H and O–H groups in total. The van der Waals surface area contributed by atoms with Crippen molar-refractivity contribution < 1.29 is 67.3 Å². The van der Waals surface area contributed by atoms with E-state index in [1.165, 1.54) is 21.1 Å². The fourth-order valence-corrected chi connectivity index (χ4v) is 6.53. The third kappa shape index (κ3) is 9.74. The zero-order chi connectivity index (χ0) is 41.2. The minimum absolute atomic E-state index is 0.328. The molecule has 4 aromatic carbocycles. The lowest BCUT2D eigenvalue weighted by Crippen LogP contribution is -2.53. The predicted octanol–water partition coefficient (Wildman–Crippen LogP) is 4.77. The fourth-order valence-electron chi connectivity index (χ4n) is 6.53. The molecule has 57 heavy (non-hydrogen) atoms. The molecule has 2 heterocycles. The average Bonchev–Trinajstić information content (AvgIpc) is 3.67. The van der Waals surface area contributed by atoms with Crippen molar-refractivity contribution in [2.45, 2.75) is 75.1 Å². The van der Waals surface area contributed by atoms with Crippen LogP contribution in [0.4, 0.5) is 0 Å². The highest BCUT2D eigenvalue weighted by molar-refractivity contribution is 5.91. The number of carbonyl (C=O) groups excluding carboxylic acids is 4. The molecule has 2 fully saturated rings. The highest BCUT2D eigenvalue weighted by Gasteiger charge is 2.61. The van der Waals surface area contributed by atoms with Gasteiger partial charge in [0, 0.05) is 14.2 Å². The standard InChI is InChI=1S/C22H24O7.C21H22O7/c1-14(23)17-18(28-19(24)15-10-6-4-7-11-15)22(2,21(26-3)27-17)29-20(25)16-12-8-5-9-13-16;1-21(28-19(24)15-11-7-4-8-12-15)17(16(13-22)26-20(21)25-2)27-18(23)14-9-5-3-6-10-14/h4-14,17-18,21,23H,1-3H3;3-12,16-17,20,22H,13H2,1-2H3/t14?,17-,18-,21+,22-;16-,17-,20+,21-/m11/s1. The molecule has 0 spiro atoms. The van der Waals surface area contributed by atoms with Gasteiger partial charge in [0.1, 0.15) is 12.2 Å². The Morgan fingerprint density at radius 2 is 0.912 bits per heavy atom. The molecule has 2 aliphatic rings. The van der Waals surface area contributed by atoms with Crippen molar-refractivity contribution in [3.05, 3.63) is 144 Å². The van der Waals surface area contributed by atoms with E-state index in [1.54, 1.807) is 135 Å². The van der Waals surface area contributed by atoms with Gasteiger partial charge in [0.15, 0.2) is 23.4 Å². The van der Waals surface area contributed by atoms with Gasteiger partial charge >= 0.3 is 23.9 Å². The molecule has 0 aromatic heterocycles. The number of aliphatic hydroxyl groups is 2. The molecule has 6 rings (SSSR count). The number of benzene rings is 4. The van der Waals surface area contributed by atoms with Gasteiger partial charge in [0.05, 0.1) is 35.0 Å². The second kappa shape index (κ2) is 19.1. The Kier molecular flexibility index (Phi) is 14.3. The van der Waals surface area contributed by atoms with Gasteiger partial charge in [-0.3, -0.25) is 0 Å². The average molecular weight is 787 g/mol. The molecule has 14 heteroatoms. The molecule has 1 unspecified atom stereocenters. The van der Waals surface area contributed by atoms with E-state index >= 15 is 0 Å². The van der Waals surface area contributed by atoms with Crippen molar-refractivity contribution >= 4 is 23.9 Å². The first kappa shape index (κ1) is 42.7. The number of hydrogen-bond acceptors (Lipinski definition) is 14. The molecule has 4 aromatic rings. The monoisotopic (exact) mass is 786 g/mol. The molecular formula is C43H46O14. The second-order valence-corrected chi connectivity index (χ2v) is 13.6. The summed E-state index contributed by atoms with van der Waals surface area (Å²) in [5.41, 5.74) is -1.62. The Hall–Kier alpha value is -5.48. The van der Waals surface area contributed by atoms with Gasteiger partial charge in [-0.15, -0.1) is 0 Å². The first-order chi connectivity index (χ1) is 27.4. The van der Waals surface area contributed by atoms with Crippen molar-refractivity contribution in [1.82, 2.24) is 0 Å². The summed E-state index contributed by atoms with van der Waals surface area (Å²) < 4.78 is 44.8. The summed E-state index contributed by atoms with van der Waals surface area (Å²) in [4.78, 5) is 50.6. The first-order valence-electron chi connectivity index (χ1n) is 18.1. The van der Waals surface area contributed by atoms with Gasteiger partial charge in [-0.1, -0.05) is 72.8 Å². The molecular weight excluding hydrogens is 740 g/mol. The van der Waals surface area contributed by atoms with Crippen LogP contribution in [0.2, 0.25) is 0 Å². The molecule has 0 radical (unpaired) electrons. The van der Waals surface area contributed by atoms with Gasteiger partial charge < -0.3 is 48.1 Å². The summed E-state index contributed by atoms with van der Waals surface area (Å²) in [6.45, 7) is 4.19. The molecule has 0 bridgehead atoms. The summed E-state index contributed by atoms with van der Waals surface area (Å²) in [7, 11) is 2.77. The lowest BCUT2D eigenvalue weighted by Gasteiger charge is -2.33. The minimum atomic E-state index is -1.48. The Balaban J connectivity index is 0.000000218. The number of methoxy groups -OCH3 is 2. The third-order valence-electron chi connectivity index (χ3n) is 9.50. The number of hydrogen-bond donors (Lipinski definition) is 2. The van der Waals surface area contributed by atoms with E-state index in [0.717, 1.165) is 0 Å². The van der Waals surface area contributed by atoms with Crippen molar-refractivity contribution in [1.29, 1.82) is 0 Å². The first-order valence-corrected chi connectivity index (χ1v) is 18.1. The maximum absolute atomic E-state index is 12.7. The SMILES string of the molecule is CO[C@H]1O[C@H](C(C)O)[C@@H](OC(=O)c2ccccc2)[C@@]1(C)OC(=O)c1ccccc1.CO[C@H]1O[C@H](CO)[C@@H](OC(=O)c2ccccc2)[C@@]1(C)OC(=O)c1ccccc1. The predicted molar refractivity (Wildman–Crippen MR) is 202 cm³/mol. The van der Waals surface area contributed by atoms with Crippen LogP contribution in [-0.4, -0.2) is 109 Å². The van der Waals surface area contributed by atoms with Crippen molar-refractivity contribution in [2.75, 3.05) is 20.8 Å². The number of carbonyl (C=O) groups is 4. The smallest absolute Gasteiger partial charge is 0.338 e. The summed E-state index contributed by atoms with van der Waals surface area (Å²) in [6.07, 6.45) is -7.07. The van der Waals surface area contributed by atoms with E-state index < -0.39 is 84.8 Å². The van der Waals surface area contributed by atoms with Crippen LogP contribution in [0.15, 0.2) is 121 Å². The third-order valence-corrected chi connectivity index (χ3v) is 9.50. The van der Waals surface area contributed by atoms with Crippen LogP contribution in [0.25, 0.3) is 0 Å². The lowest BCUT2D eigenvalue weighted by atomic mass is 9.94. The number of ether oxygens (including phenoxy) is 8. The second-order valence-electron chi connectivity index (χ2n) is 13.6.